The lowest BCUT2D eigenvalue weighted by atomic mass is 9.89. The zero-order valence-corrected chi connectivity index (χ0v) is 12.4. The predicted octanol–water partition coefficient (Wildman–Crippen LogP) is 2.66. The molecule has 2 heterocycles. The van der Waals surface area contributed by atoms with Crippen LogP contribution in [-0.2, 0) is 11.3 Å². The first-order chi connectivity index (χ1) is 10.1. The van der Waals surface area contributed by atoms with Crippen molar-refractivity contribution in [2.24, 2.45) is 5.92 Å². The number of carbonyl (C=O) groups excluding carboxylic acids is 2. The van der Waals surface area contributed by atoms with E-state index in [1.165, 1.54) is 0 Å². The summed E-state index contributed by atoms with van der Waals surface area (Å²) in [6.45, 7) is 3.24. The highest BCUT2D eigenvalue weighted by Gasteiger charge is 2.33. The van der Waals surface area contributed by atoms with E-state index < -0.39 is 0 Å². The third-order valence-corrected chi connectivity index (χ3v) is 4.33. The molecule has 2 amide bonds. The van der Waals surface area contributed by atoms with Crippen LogP contribution in [0.1, 0.15) is 35.7 Å². The van der Waals surface area contributed by atoms with Crippen molar-refractivity contribution in [3.8, 4) is 0 Å². The maximum Gasteiger partial charge on any atom is 0.321 e. The lowest BCUT2D eigenvalue weighted by Crippen LogP contribution is -2.35. The van der Waals surface area contributed by atoms with Gasteiger partial charge in [0.15, 0.2) is 5.78 Å². The van der Waals surface area contributed by atoms with Crippen molar-refractivity contribution in [3.63, 3.8) is 0 Å². The molecule has 2 unspecified atom stereocenters. The van der Waals surface area contributed by atoms with Crippen LogP contribution < -0.4 is 5.32 Å². The van der Waals surface area contributed by atoms with Crippen LogP contribution in [0.25, 0.3) is 0 Å². The van der Waals surface area contributed by atoms with Crippen molar-refractivity contribution in [1.29, 1.82) is 0 Å². The molecule has 0 aromatic heterocycles. The highest BCUT2D eigenvalue weighted by molar-refractivity contribution is 6.00. The smallest absolute Gasteiger partial charge is 0.321 e. The number of amides is 2. The van der Waals surface area contributed by atoms with Crippen LogP contribution in [-0.4, -0.2) is 36.5 Å². The number of nitrogens with one attached hydrogen (secondary N) is 1. The Kier molecular flexibility index (Phi) is 3.68. The number of rotatable bonds is 3. The van der Waals surface area contributed by atoms with Gasteiger partial charge >= 0.3 is 6.03 Å². The van der Waals surface area contributed by atoms with E-state index in [9.17, 15) is 9.59 Å². The third kappa shape index (κ3) is 2.53. The highest BCUT2D eigenvalue weighted by atomic mass is 16.5. The molecule has 21 heavy (non-hydrogen) atoms. The first-order valence-electron chi connectivity index (χ1n) is 7.41. The number of hydrogen-bond donors (Lipinski definition) is 1. The summed E-state index contributed by atoms with van der Waals surface area (Å²) in [5.74, 6) is 0.116. The van der Waals surface area contributed by atoms with Gasteiger partial charge in [0.1, 0.15) is 0 Å². The number of carbonyl (C=O) groups is 2. The van der Waals surface area contributed by atoms with Crippen LogP contribution in [0.15, 0.2) is 18.2 Å². The Hall–Kier alpha value is -1.88. The van der Waals surface area contributed by atoms with Gasteiger partial charge in [0.2, 0.25) is 0 Å². The number of benzene rings is 1. The van der Waals surface area contributed by atoms with Crippen LogP contribution in [0.2, 0.25) is 0 Å². The number of Topliss-reactive ketones (excluding diaryl/α,β-unsaturated/α-hetero) is 1. The van der Waals surface area contributed by atoms with E-state index in [0.717, 1.165) is 24.1 Å². The molecule has 0 radical (unpaired) electrons. The summed E-state index contributed by atoms with van der Waals surface area (Å²) in [5.41, 5.74) is 2.49. The van der Waals surface area contributed by atoms with Crippen molar-refractivity contribution in [2.75, 3.05) is 19.0 Å². The molecular weight excluding hydrogens is 268 g/mol. The fourth-order valence-corrected chi connectivity index (χ4v) is 3.10. The van der Waals surface area contributed by atoms with E-state index in [-0.39, 0.29) is 23.8 Å². The maximum absolute atomic E-state index is 12.7. The van der Waals surface area contributed by atoms with E-state index in [1.807, 2.05) is 19.1 Å². The Bertz CT molecular complexity index is 585. The van der Waals surface area contributed by atoms with E-state index >= 15 is 0 Å². The highest BCUT2D eigenvalue weighted by Crippen LogP contribution is 2.29. The number of nitrogens with zero attached hydrogens (tertiary/aromatic N) is 1. The molecule has 3 rings (SSSR count). The van der Waals surface area contributed by atoms with Gasteiger partial charge in [-0.15, -0.1) is 0 Å². The second-order valence-corrected chi connectivity index (χ2v) is 5.74. The average molecular weight is 288 g/mol. The van der Waals surface area contributed by atoms with Gasteiger partial charge in [0.25, 0.3) is 0 Å². The molecule has 112 valence electrons. The zero-order chi connectivity index (χ0) is 15.0. The van der Waals surface area contributed by atoms with Crippen molar-refractivity contribution in [2.45, 2.75) is 32.4 Å². The van der Waals surface area contributed by atoms with Crippen molar-refractivity contribution >= 4 is 17.5 Å². The molecule has 0 saturated carbocycles. The summed E-state index contributed by atoms with van der Waals surface area (Å²) in [5, 5.41) is 2.82. The Labute approximate surface area is 124 Å². The molecule has 2 aliphatic heterocycles. The molecular formula is C16H20N2O3. The standard InChI is InChI=1S/C16H20N2O3/c1-3-14-12(6-7-21-14)15(19)10-4-5-13-11(8-10)9-18(2)16(20)17-13/h4-5,8,12,14H,3,6-7,9H2,1-2H3,(H,17,20). The zero-order valence-electron chi connectivity index (χ0n) is 12.4. The molecule has 2 aliphatic rings. The van der Waals surface area contributed by atoms with Crippen LogP contribution in [0.5, 0.6) is 0 Å². The minimum absolute atomic E-state index is 0.0379. The van der Waals surface area contributed by atoms with Crippen LogP contribution in [0, 0.1) is 5.92 Å². The summed E-state index contributed by atoms with van der Waals surface area (Å²) in [6, 6.07) is 5.41. The van der Waals surface area contributed by atoms with Crippen LogP contribution >= 0.6 is 0 Å². The van der Waals surface area contributed by atoms with Crippen LogP contribution in [0.3, 0.4) is 0 Å². The molecule has 1 aromatic carbocycles. The van der Waals surface area contributed by atoms with Crippen molar-refractivity contribution < 1.29 is 14.3 Å². The Morgan fingerprint density at radius 1 is 1.48 bits per heavy atom. The normalized spacial score (nSPS) is 24.7. The summed E-state index contributed by atoms with van der Waals surface area (Å²) in [6.07, 6.45) is 1.70. The SMILES string of the molecule is CCC1OCCC1C(=O)c1ccc2c(c1)CN(C)C(=O)N2. The molecule has 1 aromatic rings. The molecule has 1 saturated heterocycles. The molecule has 0 aliphatic carbocycles. The minimum Gasteiger partial charge on any atom is -0.377 e. The van der Waals surface area contributed by atoms with Gasteiger partial charge in [-0.2, -0.15) is 0 Å². The van der Waals surface area contributed by atoms with Crippen molar-refractivity contribution in [3.05, 3.63) is 29.3 Å². The number of hydrogen-bond acceptors (Lipinski definition) is 3. The summed E-state index contributed by atoms with van der Waals surface area (Å²) < 4.78 is 5.62. The first kappa shape index (κ1) is 14.1. The summed E-state index contributed by atoms with van der Waals surface area (Å²) in [7, 11) is 1.74. The van der Waals surface area contributed by atoms with E-state index in [2.05, 4.69) is 5.32 Å². The van der Waals surface area contributed by atoms with Gasteiger partial charge in [-0.25, -0.2) is 4.79 Å². The van der Waals surface area contributed by atoms with Gasteiger partial charge in [-0.05, 0) is 36.6 Å². The minimum atomic E-state index is -0.114. The van der Waals surface area contributed by atoms with Crippen molar-refractivity contribution in [1.82, 2.24) is 4.90 Å². The monoisotopic (exact) mass is 288 g/mol. The largest absolute Gasteiger partial charge is 0.377 e. The number of urea groups is 1. The Morgan fingerprint density at radius 3 is 3.05 bits per heavy atom. The maximum atomic E-state index is 12.7. The van der Waals surface area contributed by atoms with Gasteiger partial charge < -0.3 is 15.0 Å². The Morgan fingerprint density at radius 2 is 2.29 bits per heavy atom. The van der Waals surface area contributed by atoms with E-state index in [0.29, 0.717) is 18.7 Å². The predicted molar refractivity (Wildman–Crippen MR) is 79.4 cm³/mol. The summed E-state index contributed by atoms with van der Waals surface area (Å²) in [4.78, 5) is 25.9. The molecule has 0 spiro atoms. The van der Waals surface area contributed by atoms with Gasteiger partial charge in [0, 0.05) is 31.5 Å². The molecule has 5 nitrogen and oxygen atoms in total. The molecule has 5 heteroatoms. The second kappa shape index (κ2) is 5.48. The quantitative estimate of drug-likeness (QED) is 0.870. The number of anilines is 1. The molecule has 2 atom stereocenters. The average Bonchev–Trinajstić information content (AvgIpc) is 2.95. The van der Waals surface area contributed by atoms with Gasteiger partial charge in [-0.1, -0.05) is 6.92 Å². The van der Waals surface area contributed by atoms with Gasteiger partial charge in [-0.3, -0.25) is 4.79 Å². The van der Waals surface area contributed by atoms with E-state index in [1.54, 1.807) is 18.0 Å². The fourth-order valence-electron chi connectivity index (χ4n) is 3.10. The molecule has 0 bridgehead atoms. The number of ketones is 1. The lowest BCUT2D eigenvalue weighted by Gasteiger charge is -2.26. The molecule has 1 fully saturated rings. The number of fused-ring (bicyclic) bond motifs is 1. The first-order valence-corrected chi connectivity index (χ1v) is 7.41. The van der Waals surface area contributed by atoms with E-state index in [4.69, 9.17) is 4.74 Å². The second-order valence-electron chi connectivity index (χ2n) is 5.74. The third-order valence-electron chi connectivity index (χ3n) is 4.33. The molecule has 1 N–H and O–H groups in total. The van der Waals surface area contributed by atoms with Gasteiger partial charge in [0.05, 0.1) is 12.0 Å². The Balaban J connectivity index is 1.85. The summed E-state index contributed by atoms with van der Waals surface area (Å²) >= 11 is 0. The van der Waals surface area contributed by atoms with Crippen LogP contribution in [0.4, 0.5) is 10.5 Å². The number of ether oxygens (including phenoxy) is 1. The topological polar surface area (TPSA) is 58.6 Å². The lowest BCUT2D eigenvalue weighted by molar-refractivity contribution is 0.0689. The fraction of sp³-hybridized carbons (Fsp3) is 0.500.